The van der Waals surface area contributed by atoms with Crippen LogP contribution < -0.4 is 5.32 Å². The number of rotatable bonds is 4. The summed E-state index contributed by atoms with van der Waals surface area (Å²) >= 11 is 0. The molecule has 2 amide bonds. The first-order valence-electron chi connectivity index (χ1n) is 9.53. The summed E-state index contributed by atoms with van der Waals surface area (Å²) in [4.78, 5) is 27.4. The lowest BCUT2D eigenvalue weighted by molar-refractivity contribution is -0.139. The zero-order chi connectivity index (χ0) is 19.1. The normalized spacial score (nSPS) is 30.3. The average Bonchev–Trinajstić information content (AvgIpc) is 3.21. The Morgan fingerprint density at radius 3 is 2.46 bits per heavy atom. The topological polar surface area (TPSA) is 103 Å². The van der Waals surface area contributed by atoms with E-state index in [9.17, 15) is 20.0 Å². The van der Waals surface area contributed by atoms with Gasteiger partial charge >= 0.3 is 6.09 Å². The molecule has 2 N–H and O–H groups in total. The third-order valence-corrected chi connectivity index (χ3v) is 6.11. The molecule has 0 aromatic heterocycles. The molecule has 2 aliphatic carbocycles. The molecule has 2 bridgehead atoms. The SMILES string of the molecule is CC(C)(C)OC(=O)NC(C(=O)N1C2CC(C2)C1C#N)C1(CO)CCCC1. The van der Waals surface area contributed by atoms with Crippen LogP contribution in [0.1, 0.15) is 59.3 Å². The minimum Gasteiger partial charge on any atom is -0.444 e. The number of hydrogen-bond acceptors (Lipinski definition) is 5. The van der Waals surface area contributed by atoms with Gasteiger partial charge in [0.2, 0.25) is 5.91 Å². The van der Waals surface area contributed by atoms with Gasteiger partial charge in [-0.05, 0) is 52.4 Å². The number of amides is 2. The predicted molar refractivity (Wildman–Crippen MR) is 93.9 cm³/mol. The standard InChI is InChI=1S/C19H29N3O4/c1-18(2,3)26-17(25)21-15(19(11-23)6-4-5-7-19)16(24)22-13-8-12(9-13)14(22)10-20/h12-15,23H,4-9,11H2,1-3H3,(H,21,25). The molecule has 0 spiro atoms. The van der Waals surface area contributed by atoms with Crippen LogP contribution >= 0.6 is 0 Å². The molecular weight excluding hydrogens is 334 g/mol. The highest BCUT2D eigenvalue weighted by Gasteiger charge is 2.57. The molecular formula is C19H29N3O4. The largest absolute Gasteiger partial charge is 0.444 e. The van der Waals surface area contributed by atoms with Gasteiger partial charge in [0, 0.05) is 11.5 Å². The number of hydrogen-bond donors (Lipinski definition) is 2. The second kappa shape index (κ2) is 6.73. The van der Waals surface area contributed by atoms with Crippen LogP contribution in [0, 0.1) is 22.7 Å². The van der Waals surface area contributed by atoms with Crippen molar-refractivity contribution in [3.8, 4) is 6.07 Å². The van der Waals surface area contributed by atoms with Gasteiger partial charge in [0.15, 0.2) is 0 Å². The second-order valence-corrected chi connectivity index (χ2v) is 9.01. The number of nitrogens with one attached hydrogen (secondary N) is 1. The molecule has 2 unspecified atom stereocenters. The molecule has 4 aliphatic rings. The fourth-order valence-corrected chi connectivity index (χ4v) is 4.72. The summed E-state index contributed by atoms with van der Waals surface area (Å²) in [6.45, 7) is 5.13. The smallest absolute Gasteiger partial charge is 0.408 e. The number of carbonyl (C=O) groups excluding carboxylic acids is 2. The van der Waals surface area contributed by atoms with Crippen molar-refractivity contribution in [2.75, 3.05) is 6.61 Å². The van der Waals surface area contributed by atoms with Gasteiger partial charge in [0.25, 0.3) is 0 Å². The highest BCUT2D eigenvalue weighted by atomic mass is 16.6. The Labute approximate surface area is 154 Å². The summed E-state index contributed by atoms with van der Waals surface area (Å²) in [6, 6.07) is 1.05. The van der Waals surface area contributed by atoms with E-state index < -0.39 is 29.2 Å². The molecule has 7 nitrogen and oxygen atoms in total. The van der Waals surface area contributed by atoms with E-state index in [0.29, 0.717) is 12.8 Å². The van der Waals surface area contributed by atoms with Gasteiger partial charge in [0.05, 0.1) is 12.7 Å². The molecule has 0 aromatic carbocycles. The number of alkyl carbamates (subject to hydrolysis) is 1. The third kappa shape index (κ3) is 3.27. The van der Waals surface area contributed by atoms with Gasteiger partial charge in [-0.15, -0.1) is 0 Å². The fourth-order valence-electron chi connectivity index (χ4n) is 4.72. The minimum atomic E-state index is -0.861. The van der Waals surface area contributed by atoms with Crippen LogP contribution in [-0.2, 0) is 9.53 Å². The van der Waals surface area contributed by atoms with E-state index in [2.05, 4.69) is 11.4 Å². The molecule has 144 valence electrons. The zero-order valence-corrected chi connectivity index (χ0v) is 15.8. The summed E-state index contributed by atoms with van der Waals surface area (Å²) in [6.07, 6.45) is 4.23. The molecule has 2 heterocycles. The predicted octanol–water partition coefficient (Wildman–Crippen LogP) is 1.95. The summed E-state index contributed by atoms with van der Waals surface area (Å²) in [5.41, 5.74) is -1.36. The van der Waals surface area contributed by atoms with Crippen LogP contribution in [0.2, 0.25) is 0 Å². The number of ether oxygens (including phenoxy) is 1. The molecule has 0 radical (unpaired) electrons. The van der Waals surface area contributed by atoms with Crippen LogP contribution in [0.15, 0.2) is 0 Å². The van der Waals surface area contributed by atoms with Crippen molar-refractivity contribution in [3.05, 3.63) is 0 Å². The van der Waals surface area contributed by atoms with Crippen LogP contribution in [0.4, 0.5) is 4.79 Å². The number of nitriles is 1. The van der Waals surface area contributed by atoms with E-state index in [0.717, 1.165) is 25.7 Å². The van der Waals surface area contributed by atoms with E-state index >= 15 is 0 Å². The van der Waals surface area contributed by atoms with Crippen LogP contribution in [0.3, 0.4) is 0 Å². The van der Waals surface area contributed by atoms with E-state index in [1.807, 2.05) is 0 Å². The molecule has 4 fully saturated rings. The Kier molecular flexibility index (Phi) is 4.91. The van der Waals surface area contributed by atoms with Crippen molar-refractivity contribution >= 4 is 12.0 Å². The van der Waals surface area contributed by atoms with Gasteiger partial charge in [0.1, 0.15) is 17.7 Å². The number of aliphatic hydroxyl groups excluding tert-OH is 1. The summed E-state index contributed by atoms with van der Waals surface area (Å²) in [5.74, 6) is -0.00635. The van der Waals surface area contributed by atoms with Crippen molar-refractivity contribution in [1.29, 1.82) is 5.26 Å². The van der Waals surface area contributed by atoms with E-state index in [4.69, 9.17) is 4.74 Å². The minimum absolute atomic E-state index is 0.0808. The molecule has 2 saturated carbocycles. The van der Waals surface area contributed by atoms with Crippen molar-refractivity contribution < 1.29 is 19.4 Å². The first-order chi connectivity index (χ1) is 12.2. The molecule has 0 aromatic rings. The lowest BCUT2D eigenvalue weighted by atomic mass is 9.78. The van der Waals surface area contributed by atoms with Gasteiger partial charge in [-0.3, -0.25) is 4.79 Å². The Bertz CT molecular complexity index is 609. The molecule has 2 aliphatic heterocycles. The van der Waals surface area contributed by atoms with Gasteiger partial charge in [-0.2, -0.15) is 5.26 Å². The number of nitrogens with zero attached hydrogens (tertiary/aromatic N) is 2. The zero-order valence-electron chi connectivity index (χ0n) is 15.8. The monoisotopic (exact) mass is 363 g/mol. The first kappa shape index (κ1) is 19.0. The maximum atomic E-state index is 13.4. The molecule has 2 saturated heterocycles. The van der Waals surface area contributed by atoms with E-state index in [1.54, 1.807) is 25.7 Å². The molecule has 2 atom stereocenters. The summed E-state index contributed by atoms with van der Waals surface area (Å²) in [7, 11) is 0. The van der Waals surface area contributed by atoms with E-state index in [1.165, 1.54) is 0 Å². The van der Waals surface area contributed by atoms with Gasteiger partial charge < -0.3 is 20.1 Å². The second-order valence-electron chi connectivity index (χ2n) is 9.01. The summed E-state index contributed by atoms with van der Waals surface area (Å²) in [5, 5.41) is 22.3. The quantitative estimate of drug-likeness (QED) is 0.795. The van der Waals surface area contributed by atoms with Crippen LogP contribution in [-0.4, -0.2) is 52.3 Å². The van der Waals surface area contributed by atoms with Crippen molar-refractivity contribution in [3.63, 3.8) is 0 Å². The molecule has 4 rings (SSSR count). The van der Waals surface area contributed by atoms with Gasteiger partial charge in [-0.1, -0.05) is 12.8 Å². The fraction of sp³-hybridized carbons (Fsp3) is 0.842. The average molecular weight is 363 g/mol. The Morgan fingerprint density at radius 2 is 1.96 bits per heavy atom. The lowest BCUT2D eigenvalue weighted by Gasteiger charge is -2.39. The third-order valence-electron chi connectivity index (χ3n) is 6.11. The summed E-state index contributed by atoms with van der Waals surface area (Å²) < 4.78 is 5.35. The van der Waals surface area contributed by atoms with Crippen molar-refractivity contribution in [1.82, 2.24) is 10.2 Å². The van der Waals surface area contributed by atoms with Crippen molar-refractivity contribution in [2.45, 2.75) is 83.0 Å². The van der Waals surface area contributed by atoms with Crippen molar-refractivity contribution in [2.24, 2.45) is 11.3 Å². The number of fused-ring (bicyclic) bond motifs is 1. The maximum absolute atomic E-state index is 13.4. The maximum Gasteiger partial charge on any atom is 0.408 e. The molecule has 7 heteroatoms. The van der Waals surface area contributed by atoms with Crippen LogP contribution in [0.25, 0.3) is 0 Å². The first-order valence-corrected chi connectivity index (χ1v) is 9.53. The highest BCUT2D eigenvalue weighted by molar-refractivity contribution is 5.88. The van der Waals surface area contributed by atoms with E-state index in [-0.39, 0.29) is 24.5 Å². The Morgan fingerprint density at radius 1 is 1.35 bits per heavy atom. The Balaban J connectivity index is 1.84. The Hall–Kier alpha value is -1.81. The van der Waals surface area contributed by atoms with Gasteiger partial charge in [-0.25, -0.2) is 4.79 Å². The number of aliphatic hydroxyl groups is 1. The number of carbonyl (C=O) groups is 2. The lowest BCUT2D eigenvalue weighted by Crippen LogP contribution is -2.59. The molecule has 26 heavy (non-hydrogen) atoms. The highest BCUT2D eigenvalue weighted by Crippen LogP contribution is 2.48. The van der Waals surface area contributed by atoms with Crippen LogP contribution in [0.5, 0.6) is 0 Å².